The molecule has 7 heteroatoms. The average Bonchev–Trinajstić information content (AvgIpc) is 2.26. The van der Waals surface area contributed by atoms with Crippen LogP contribution in [-0.2, 0) is 0 Å². The first-order valence-electron chi connectivity index (χ1n) is 5.10. The summed E-state index contributed by atoms with van der Waals surface area (Å²) in [6.07, 6.45) is 1.52. The van der Waals surface area contributed by atoms with Crippen molar-refractivity contribution in [2.45, 2.75) is 0 Å². The molecule has 0 saturated heterocycles. The van der Waals surface area contributed by atoms with Gasteiger partial charge in [0.1, 0.15) is 5.82 Å². The fourth-order valence-electron chi connectivity index (χ4n) is 1.09. The lowest BCUT2D eigenvalue weighted by atomic mass is 10.4. The number of nitrogens with zero attached hydrogens (tertiary/aromatic N) is 2. The number of hydrogen-bond acceptors (Lipinski definition) is 4. The molecule has 1 aromatic heterocycles. The van der Waals surface area contributed by atoms with Gasteiger partial charge in [-0.15, -0.1) is 0 Å². The third-order valence-electron chi connectivity index (χ3n) is 1.96. The highest BCUT2D eigenvalue weighted by Crippen LogP contribution is 2.20. The molecule has 1 rings (SSSR count). The molecular weight excluding hydrogens is 242 g/mol. The number of halogens is 1. The normalized spacial score (nSPS) is 9.82. The van der Waals surface area contributed by atoms with E-state index in [-0.39, 0.29) is 6.03 Å². The first-order chi connectivity index (χ1) is 8.00. The van der Waals surface area contributed by atoms with E-state index in [0.29, 0.717) is 29.6 Å². The van der Waals surface area contributed by atoms with Crippen LogP contribution in [0.4, 0.5) is 16.3 Å². The standard InChI is InChI=1S/C10H16ClN5O/c1-16(2)10(17)14-4-3-13-9-8(11)5-7(12)6-15-9/h5-6H,3-4,12H2,1-2H3,(H,13,15)(H,14,17). The van der Waals surface area contributed by atoms with Gasteiger partial charge in [0.2, 0.25) is 0 Å². The second-order valence-electron chi connectivity index (χ2n) is 3.65. The molecule has 0 aromatic carbocycles. The Kier molecular flexibility index (Phi) is 4.84. The van der Waals surface area contributed by atoms with Gasteiger partial charge in [-0.2, -0.15) is 0 Å². The van der Waals surface area contributed by atoms with Crippen LogP contribution in [0, 0.1) is 0 Å². The zero-order valence-electron chi connectivity index (χ0n) is 9.83. The maximum absolute atomic E-state index is 11.2. The van der Waals surface area contributed by atoms with Crippen molar-refractivity contribution >= 4 is 29.1 Å². The van der Waals surface area contributed by atoms with Gasteiger partial charge >= 0.3 is 6.03 Å². The Morgan fingerprint density at radius 3 is 2.82 bits per heavy atom. The number of amides is 2. The summed E-state index contributed by atoms with van der Waals surface area (Å²) in [5, 5.41) is 6.18. The molecule has 0 aliphatic rings. The number of nitrogens with two attached hydrogens (primary N) is 1. The number of urea groups is 1. The molecule has 0 unspecified atom stereocenters. The monoisotopic (exact) mass is 257 g/mol. The number of rotatable bonds is 4. The second-order valence-corrected chi connectivity index (χ2v) is 4.06. The smallest absolute Gasteiger partial charge is 0.316 e. The molecule has 0 aliphatic carbocycles. The Morgan fingerprint density at radius 2 is 2.24 bits per heavy atom. The summed E-state index contributed by atoms with van der Waals surface area (Å²) in [4.78, 5) is 16.7. The number of anilines is 2. The fraction of sp³-hybridized carbons (Fsp3) is 0.400. The first-order valence-corrected chi connectivity index (χ1v) is 5.48. The Bertz CT molecular complexity index is 396. The van der Waals surface area contributed by atoms with E-state index in [1.54, 1.807) is 20.2 Å². The van der Waals surface area contributed by atoms with E-state index in [9.17, 15) is 4.79 Å². The molecule has 0 aliphatic heterocycles. The van der Waals surface area contributed by atoms with Gasteiger partial charge in [0.15, 0.2) is 0 Å². The lowest BCUT2D eigenvalue weighted by Crippen LogP contribution is -2.37. The van der Waals surface area contributed by atoms with E-state index in [1.165, 1.54) is 11.1 Å². The van der Waals surface area contributed by atoms with Crippen molar-refractivity contribution in [3.63, 3.8) is 0 Å². The molecule has 1 aromatic rings. The van der Waals surface area contributed by atoms with Gasteiger partial charge < -0.3 is 21.3 Å². The number of nitrogen functional groups attached to an aromatic ring is 1. The lowest BCUT2D eigenvalue weighted by molar-refractivity contribution is 0.218. The van der Waals surface area contributed by atoms with Crippen LogP contribution in [0.25, 0.3) is 0 Å². The minimum Gasteiger partial charge on any atom is -0.397 e. The number of pyridine rings is 1. The van der Waals surface area contributed by atoms with Crippen molar-refractivity contribution in [1.29, 1.82) is 0 Å². The number of nitrogens with one attached hydrogen (secondary N) is 2. The Morgan fingerprint density at radius 1 is 1.53 bits per heavy atom. The fourth-order valence-corrected chi connectivity index (χ4v) is 1.33. The van der Waals surface area contributed by atoms with Crippen LogP contribution in [0.15, 0.2) is 12.3 Å². The van der Waals surface area contributed by atoms with Gasteiger partial charge in [-0.3, -0.25) is 0 Å². The van der Waals surface area contributed by atoms with Crippen molar-refractivity contribution in [2.24, 2.45) is 0 Å². The van der Waals surface area contributed by atoms with Gasteiger partial charge in [0, 0.05) is 27.2 Å². The van der Waals surface area contributed by atoms with Gasteiger partial charge in [-0.25, -0.2) is 9.78 Å². The number of aromatic nitrogens is 1. The molecule has 0 atom stereocenters. The molecule has 6 nitrogen and oxygen atoms in total. The van der Waals surface area contributed by atoms with Crippen molar-refractivity contribution < 1.29 is 4.79 Å². The van der Waals surface area contributed by atoms with E-state index < -0.39 is 0 Å². The molecular formula is C10H16ClN5O. The zero-order chi connectivity index (χ0) is 12.8. The Labute approximate surface area is 105 Å². The van der Waals surface area contributed by atoms with E-state index in [1.807, 2.05) is 0 Å². The third kappa shape index (κ3) is 4.36. The minimum atomic E-state index is -0.136. The van der Waals surface area contributed by atoms with Crippen LogP contribution in [0.1, 0.15) is 0 Å². The molecule has 0 bridgehead atoms. The number of carbonyl (C=O) groups is 1. The molecule has 94 valence electrons. The topological polar surface area (TPSA) is 83.3 Å². The molecule has 0 saturated carbocycles. The number of carbonyl (C=O) groups excluding carboxylic acids is 1. The quantitative estimate of drug-likeness (QED) is 0.703. The van der Waals surface area contributed by atoms with Crippen LogP contribution in [-0.4, -0.2) is 43.1 Å². The van der Waals surface area contributed by atoms with Crippen molar-refractivity contribution in [3.05, 3.63) is 17.3 Å². The SMILES string of the molecule is CN(C)C(=O)NCCNc1ncc(N)cc1Cl. The Balaban J connectivity index is 2.34. The highest BCUT2D eigenvalue weighted by atomic mass is 35.5. The maximum atomic E-state index is 11.2. The van der Waals surface area contributed by atoms with Crippen molar-refractivity contribution in [2.75, 3.05) is 38.2 Å². The van der Waals surface area contributed by atoms with Gasteiger partial charge in [0.25, 0.3) is 0 Å². The summed E-state index contributed by atoms with van der Waals surface area (Å²) in [6, 6.07) is 1.48. The van der Waals surface area contributed by atoms with Gasteiger partial charge in [-0.05, 0) is 6.07 Å². The van der Waals surface area contributed by atoms with Crippen LogP contribution in [0.2, 0.25) is 5.02 Å². The van der Waals surface area contributed by atoms with Crippen molar-refractivity contribution in [3.8, 4) is 0 Å². The third-order valence-corrected chi connectivity index (χ3v) is 2.25. The molecule has 1 heterocycles. The summed E-state index contributed by atoms with van der Waals surface area (Å²) >= 11 is 5.92. The molecule has 2 amide bonds. The Hall–Kier alpha value is -1.69. The molecule has 0 fully saturated rings. The second kappa shape index (κ2) is 6.15. The van der Waals surface area contributed by atoms with E-state index in [2.05, 4.69) is 15.6 Å². The van der Waals surface area contributed by atoms with Gasteiger partial charge in [0.05, 0.1) is 16.9 Å². The van der Waals surface area contributed by atoms with E-state index >= 15 is 0 Å². The first kappa shape index (κ1) is 13.4. The highest BCUT2D eigenvalue weighted by molar-refractivity contribution is 6.33. The largest absolute Gasteiger partial charge is 0.397 e. The van der Waals surface area contributed by atoms with Crippen molar-refractivity contribution in [1.82, 2.24) is 15.2 Å². The maximum Gasteiger partial charge on any atom is 0.316 e. The zero-order valence-corrected chi connectivity index (χ0v) is 10.6. The predicted octanol–water partition coefficient (Wildman–Crippen LogP) is 1.00. The van der Waals surface area contributed by atoms with Crippen LogP contribution >= 0.6 is 11.6 Å². The average molecular weight is 258 g/mol. The van der Waals surface area contributed by atoms with Crippen LogP contribution in [0.3, 0.4) is 0 Å². The molecule has 17 heavy (non-hydrogen) atoms. The summed E-state index contributed by atoms with van der Waals surface area (Å²) in [6.45, 7) is 1.02. The minimum absolute atomic E-state index is 0.136. The van der Waals surface area contributed by atoms with E-state index in [4.69, 9.17) is 17.3 Å². The van der Waals surface area contributed by atoms with Crippen LogP contribution in [0.5, 0.6) is 0 Å². The lowest BCUT2D eigenvalue weighted by Gasteiger charge is -2.12. The summed E-state index contributed by atoms with van der Waals surface area (Å²) < 4.78 is 0. The summed E-state index contributed by atoms with van der Waals surface area (Å²) in [7, 11) is 3.36. The summed E-state index contributed by atoms with van der Waals surface area (Å²) in [5.74, 6) is 0.556. The molecule has 0 spiro atoms. The van der Waals surface area contributed by atoms with Gasteiger partial charge in [-0.1, -0.05) is 11.6 Å². The predicted molar refractivity (Wildman–Crippen MR) is 69.2 cm³/mol. The molecule has 0 radical (unpaired) electrons. The number of hydrogen-bond donors (Lipinski definition) is 3. The highest BCUT2D eigenvalue weighted by Gasteiger charge is 2.03. The van der Waals surface area contributed by atoms with Crippen LogP contribution < -0.4 is 16.4 Å². The van der Waals surface area contributed by atoms with E-state index in [0.717, 1.165) is 0 Å². The summed E-state index contributed by atoms with van der Waals surface area (Å²) in [5.41, 5.74) is 6.03. The molecule has 4 N–H and O–H groups in total.